The van der Waals surface area contributed by atoms with Crippen LogP contribution in [0.4, 0.5) is 0 Å². The van der Waals surface area contributed by atoms with Crippen molar-refractivity contribution in [3.8, 4) is 0 Å². The molecule has 0 aliphatic heterocycles. The van der Waals surface area contributed by atoms with E-state index in [0.29, 0.717) is 6.54 Å². The van der Waals surface area contributed by atoms with Crippen LogP contribution < -0.4 is 5.73 Å². The topological polar surface area (TPSA) is 62.4 Å². The number of unbranched alkanes of at least 4 members (excludes halogenated alkanes) is 2. The molecule has 96 valence electrons. The molecule has 17 heavy (non-hydrogen) atoms. The van der Waals surface area contributed by atoms with Crippen molar-refractivity contribution in [2.45, 2.75) is 25.3 Å². The molecule has 0 aromatic carbocycles. The summed E-state index contributed by atoms with van der Waals surface area (Å²) in [6.07, 6.45) is 6.65. The van der Waals surface area contributed by atoms with Crippen LogP contribution in [0.5, 0.6) is 0 Å². The van der Waals surface area contributed by atoms with Crippen LogP contribution in [0.25, 0.3) is 0 Å². The van der Waals surface area contributed by atoms with E-state index in [1.807, 2.05) is 12.1 Å². The van der Waals surface area contributed by atoms with Gasteiger partial charge in [-0.1, -0.05) is 0 Å². The van der Waals surface area contributed by atoms with Gasteiger partial charge in [0.2, 0.25) is 0 Å². The van der Waals surface area contributed by atoms with E-state index in [0.717, 1.165) is 25.8 Å². The molecule has 0 aliphatic rings. The number of hydrogen-bond donors (Lipinski definition) is 2. The summed E-state index contributed by atoms with van der Waals surface area (Å²) in [4.78, 5) is 6.29. The molecule has 3 N–H and O–H groups in total. The summed E-state index contributed by atoms with van der Waals surface area (Å²) < 4.78 is 0. The SMILES string of the molecule is CN(CCCCCO)C(CN)c1ccncc1. The Morgan fingerprint density at radius 2 is 2.00 bits per heavy atom. The summed E-state index contributed by atoms with van der Waals surface area (Å²) in [7, 11) is 2.09. The second-order valence-electron chi connectivity index (χ2n) is 4.30. The number of aliphatic hydroxyl groups is 1. The summed E-state index contributed by atoms with van der Waals surface area (Å²) in [5.74, 6) is 0. The molecule has 1 atom stereocenters. The Bertz CT molecular complexity index is 292. The van der Waals surface area contributed by atoms with E-state index in [2.05, 4.69) is 16.9 Å². The number of nitrogens with zero attached hydrogens (tertiary/aromatic N) is 2. The van der Waals surface area contributed by atoms with Gasteiger partial charge in [-0.3, -0.25) is 9.88 Å². The van der Waals surface area contributed by atoms with Gasteiger partial charge in [0.1, 0.15) is 0 Å². The van der Waals surface area contributed by atoms with Crippen molar-refractivity contribution in [1.82, 2.24) is 9.88 Å². The molecule has 0 saturated carbocycles. The van der Waals surface area contributed by atoms with Crippen molar-refractivity contribution in [2.75, 3.05) is 26.7 Å². The zero-order chi connectivity index (χ0) is 12.5. The second kappa shape index (κ2) is 8.17. The number of aliphatic hydroxyl groups excluding tert-OH is 1. The van der Waals surface area contributed by atoms with Gasteiger partial charge in [0, 0.05) is 31.6 Å². The third kappa shape index (κ3) is 4.81. The molecule has 0 radical (unpaired) electrons. The first-order valence-corrected chi connectivity index (χ1v) is 6.20. The van der Waals surface area contributed by atoms with Crippen molar-refractivity contribution in [3.63, 3.8) is 0 Å². The molecule has 1 aromatic rings. The molecule has 0 saturated heterocycles. The minimum Gasteiger partial charge on any atom is -0.396 e. The van der Waals surface area contributed by atoms with E-state index in [1.165, 1.54) is 5.56 Å². The lowest BCUT2D eigenvalue weighted by Gasteiger charge is -2.27. The summed E-state index contributed by atoms with van der Waals surface area (Å²) in [5, 5.41) is 8.72. The molecule has 1 unspecified atom stereocenters. The third-order valence-corrected chi connectivity index (χ3v) is 3.02. The molecule has 0 amide bonds. The predicted molar refractivity (Wildman–Crippen MR) is 69.6 cm³/mol. The van der Waals surface area contributed by atoms with Crippen LogP contribution >= 0.6 is 0 Å². The van der Waals surface area contributed by atoms with Crippen LogP contribution in [-0.4, -0.2) is 41.7 Å². The molecule has 4 nitrogen and oxygen atoms in total. The Morgan fingerprint density at radius 3 is 2.59 bits per heavy atom. The highest BCUT2D eigenvalue weighted by Crippen LogP contribution is 2.17. The Morgan fingerprint density at radius 1 is 1.29 bits per heavy atom. The maximum Gasteiger partial charge on any atom is 0.0468 e. The van der Waals surface area contributed by atoms with Gasteiger partial charge in [0.05, 0.1) is 0 Å². The van der Waals surface area contributed by atoms with E-state index in [1.54, 1.807) is 12.4 Å². The lowest BCUT2D eigenvalue weighted by molar-refractivity contribution is 0.236. The van der Waals surface area contributed by atoms with E-state index in [4.69, 9.17) is 10.8 Å². The molecular weight excluding hydrogens is 214 g/mol. The Hall–Kier alpha value is -0.970. The van der Waals surface area contributed by atoms with Crippen molar-refractivity contribution in [2.24, 2.45) is 5.73 Å². The molecular formula is C13H23N3O. The van der Waals surface area contributed by atoms with Gasteiger partial charge in [-0.05, 0) is 50.6 Å². The number of hydrogen-bond acceptors (Lipinski definition) is 4. The molecule has 4 heteroatoms. The highest BCUT2D eigenvalue weighted by atomic mass is 16.2. The molecule has 1 rings (SSSR count). The fraction of sp³-hybridized carbons (Fsp3) is 0.615. The number of rotatable bonds is 8. The van der Waals surface area contributed by atoms with Gasteiger partial charge in [-0.2, -0.15) is 0 Å². The van der Waals surface area contributed by atoms with Gasteiger partial charge < -0.3 is 10.8 Å². The Balaban J connectivity index is 2.44. The summed E-state index contributed by atoms with van der Waals surface area (Å²) in [5.41, 5.74) is 7.05. The van der Waals surface area contributed by atoms with Gasteiger partial charge in [0.25, 0.3) is 0 Å². The van der Waals surface area contributed by atoms with Crippen molar-refractivity contribution >= 4 is 0 Å². The second-order valence-corrected chi connectivity index (χ2v) is 4.30. The van der Waals surface area contributed by atoms with Crippen LogP contribution in [0.15, 0.2) is 24.5 Å². The smallest absolute Gasteiger partial charge is 0.0468 e. The zero-order valence-corrected chi connectivity index (χ0v) is 10.5. The molecule has 0 bridgehead atoms. The molecule has 0 fully saturated rings. The molecule has 1 aromatic heterocycles. The normalized spacial score (nSPS) is 12.9. The summed E-state index contributed by atoms with van der Waals surface area (Å²) in [6.45, 7) is 1.90. The minimum absolute atomic E-state index is 0.257. The van der Waals surface area contributed by atoms with E-state index in [-0.39, 0.29) is 12.6 Å². The first-order valence-electron chi connectivity index (χ1n) is 6.20. The lowest BCUT2D eigenvalue weighted by atomic mass is 10.1. The first-order chi connectivity index (χ1) is 8.29. The quantitative estimate of drug-likeness (QED) is 0.666. The highest BCUT2D eigenvalue weighted by Gasteiger charge is 2.14. The van der Waals surface area contributed by atoms with Crippen molar-refractivity contribution in [1.29, 1.82) is 0 Å². The third-order valence-electron chi connectivity index (χ3n) is 3.02. The zero-order valence-electron chi connectivity index (χ0n) is 10.5. The number of nitrogens with two attached hydrogens (primary N) is 1. The van der Waals surface area contributed by atoms with Crippen LogP contribution in [0.2, 0.25) is 0 Å². The van der Waals surface area contributed by atoms with Crippen LogP contribution in [0.3, 0.4) is 0 Å². The first kappa shape index (κ1) is 14.1. The average Bonchev–Trinajstić information content (AvgIpc) is 2.37. The Labute approximate surface area is 103 Å². The van der Waals surface area contributed by atoms with Crippen LogP contribution in [0.1, 0.15) is 30.9 Å². The fourth-order valence-corrected chi connectivity index (χ4v) is 1.96. The molecule has 0 spiro atoms. The van der Waals surface area contributed by atoms with Gasteiger partial charge in [-0.15, -0.1) is 0 Å². The van der Waals surface area contributed by atoms with Crippen molar-refractivity contribution < 1.29 is 5.11 Å². The van der Waals surface area contributed by atoms with Crippen LogP contribution in [-0.2, 0) is 0 Å². The number of aromatic nitrogens is 1. The fourth-order valence-electron chi connectivity index (χ4n) is 1.96. The number of likely N-dealkylation sites (N-methyl/N-ethyl adjacent to an activating group) is 1. The summed E-state index contributed by atoms with van der Waals surface area (Å²) >= 11 is 0. The largest absolute Gasteiger partial charge is 0.396 e. The molecule has 0 aliphatic carbocycles. The Kier molecular flexibility index (Phi) is 6.77. The highest BCUT2D eigenvalue weighted by molar-refractivity contribution is 5.15. The van der Waals surface area contributed by atoms with Crippen molar-refractivity contribution in [3.05, 3.63) is 30.1 Å². The predicted octanol–water partition coefficient (Wildman–Crippen LogP) is 1.18. The van der Waals surface area contributed by atoms with E-state index >= 15 is 0 Å². The van der Waals surface area contributed by atoms with Gasteiger partial charge in [-0.25, -0.2) is 0 Å². The maximum absolute atomic E-state index is 8.72. The average molecular weight is 237 g/mol. The molecule has 1 heterocycles. The van der Waals surface area contributed by atoms with Gasteiger partial charge in [0.15, 0.2) is 0 Å². The lowest BCUT2D eigenvalue weighted by Crippen LogP contribution is -2.31. The maximum atomic E-state index is 8.72. The summed E-state index contributed by atoms with van der Waals surface area (Å²) in [6, 6.07) is 4.29. The number of pyridine rings is 1. The van der Waals surface area contributed by atoms with E-state index < -0.39 is 0 Å². The standard InChI is InChI=1S/C13H23N3O/c1-16(9-3-2-4-10-17)13(11-14)12-5-7-15-8-6-12/h5-8,13,17H,2-4,9-11,14H2,1H3. The van der Waals surface area contributed by atoms with Gasteiger partial charge >= 0.3 is 0 Å². The van der Waals surface area contributed by atoms with E-state index in [9.17, 15) is 0 Å². The monoisotopic (exact) mass is 237 g/mol. The minimum atomic E-state index is 0.257. The van der Waals surface area contributed by atoms with Crippen LogP contribution in [0, 0.1) is 0 Å².